The number of likely N-dealkylation sites (tertiary alicyclic amines) is 1. The van der Waals surface area contributed by atoms with Gasteiger partial charge >= 0.3 is 0 Å². The van der Waals surface area contributed by atoms with Gasteiger partial charge in [-0.1, -0.05) is 30.3 Å². The Morgan fingerprint density at radius 3 is 2.61 bits per heavy atom. The maximum absolute atomic E-state index is 13.1. The Kier molecular flexibility index (Phi) is 4.11. The summed E-state index contributed by atoms with van der Waals surface area (Å²) in [5, 5.41) is 0. The maximum atomic E-state index is 13.1. The molecule has 2 aromatic rings. The third-order valence-electron chi connectivity index (χ3n) is 5.90. The molecule has 1 aliphatic carbocycles. The molecule has 0 amide bonds. The van der Waals surface area contributed by atoms with Crippen LogP contribution in [0.5, 0.6) is 11.5 Å². The standard InChI is InChI=1S/C24H29NO3/c1-27-22-14-19-13-20(24(26)21(19)15-23(22)28-2)12-17-8-10-25(11-9-17)16-18-6-4-3-5-7-18/h3-7,14-15,17,20H,8-13,16H2,1-2H3/i1D3,16D2. The summed E-state index contributed by atoms with van der Waals surface area (Å²) in [4.78, 5) is 14.9. The number of carbonyl (C=O) groups excluding carboxylic acids is 1. The molecule has 2 aliphatic rings. The van der Waals surface area contributed by atoms with E-state index in [0.29, 0.717) is 36.6 Å². The van der Waals surface area contributed by atoms with Gasteiger partial charge < -0.3 is 9.47 Å². The van der Waals surface area contributed by atoms with Crippen LogP contribution < -0.4 is 9.47 Å². The minimum Gasteiger partial charge on any atom is -0.493 e. The van der Waals surface area contributed by atoms with E-state index in [1.165, 1.54) is 7.11 Å². The van der Waals surface area contributed by atoms with Gasteiger partial charge in [-0.05, 0) is 68.0 Å². The van der Waals surface area contributed by atoms with Crippen molar-refractivity contribution in [2.45, 2.75) is 32.2 Å². The molecule has 1 heterocycles. The van der Waals surface area contributed by atoms with Crippen LogP contribution in [0.2, 0.25) is 0 Å². The number of ether oxygens (including phenoxy) is 2. The third-order valence-corrected chi connectivity index (χ3v) is 5.90. The Labute approximate surface area is 174 Å². The predicted molar refractivity (Wildman–Crippen MR) is 110 cm³/mol. The molecule has 0 N–H and O–H groups in total. The molecule has 28 heavy (non-hydrogen) atoms. The molecule has 0 radical (unpaired) electrons. The zero-order valence-electron chi connectivity index (χ0n) is 21.1. The molecule has 4 nitrogen and oxygen atoms in total. The highest BCUT2D eigenvalue weighted by atomic mass is 16.5. The van der Waals surface area contributed by atoms with Crippen molar-refractivity contribution < 1.29 is 21.1 Å². The summed E-state index contributed by atoms with van der Waals surface area (Å²) >= 11 is 0. The SMILES string of the molecule is [2H]C([2H])([2H])Oc1cc2c(cc1OC)C(=O)C(CC1CCN(C([2H])([2H])c3ccccc3)CC1)C2. The lowest BCUT2D eigenvalue weighted by Gasteiger charge is -2.32. The largest absolute Gasteiger partial charge is 0.493 e. The first-order chi connectivity index (χ1) is 15.6. The van der Waals surface area contributed by atoms with E-state index in [9.17, 15) is 4.79 Å². The predicted octanol–water partition coefficient (Wildman–Crippen LogP) is 4.36. The van der Waals surface area contributed by atoms with Crippen LogP contribution in [0.15, 0.2) is 42.5 Å². The first kappa shape index (κ1) is 13.8. The lowest BCUT2D eigenvalue weighted by Crippen LogP contribution is -2.34. The number of ketones is 1. The lowest BCUT2D eigenvalue weighted by atomic mass is 9.85. The number of nitrogens with zero attached hydrogens (tertiary/aromatic N) is 1. The third kappa shape index (κ3) is 3.93. The van der Waals surface area contributed by atoms with Crippen LogP contribution in [0, 0.1) is 11.8 Å². The van der Waals surface area contributed by atoms with Gasteiger partial charge in [-0.2, -0.15) is 0 Å². The van der Waals surface area contributed by atoms with E-state index in [1.807, 2.05) is 35.2 Å². The molecule has 1 atom stereocenters. The molecule has 1 unspecified atom stereocenters. The fraction of sp³-hybridized carbons (Fsp3) is 0.458. The van der Waals surface area contributed by atoms with Crippen LogP contribution in [0.4, 0.5) is 0 Å². The average molecular weight is 385 g/mol. The Balaban J connectivity index is 1.40. The van der Waals surface area contributed by atoms with Crippen LogP contribution in [-0.4, -0.2) is 37.9 Å². The van der Waals surface area contributed by atoms with E-state index in [-0.39, 0.29) is 23.2 Å². The van der Waals surface area contributed by atoms with Crippen molar-refractivity contribution in [2.24, 2.45) is 11.8 Å². The quantitative estimate of drug-likeness (QED) is 0.742. The molecule has 0 aromatic heterocycles. The highest BCUT2D eigenvalue weighted by Crippen LogP contribution is 2.39. The molecule has 1 aliphatic heterocycles. The maximum Gasteiger partial charge on any atom is 0.166 e. The first-order valence-electron chi connectivity index (χ1n) is 12.3. The summed E-state index contributed by atoms with van der Waals surface area (Å²) in [5.41, 5.74) is 2.03. The topological polar surface area (TPSA) is 38.8 Å². The van der Waals surface area contributed by atoms with Gasteiger partial charge in [0.05, 0.1) is 18.3 Å². The Hall–Kier alpha value is -2.33. The minimum absolute atomic E-state index is 0.0609. The lowest BCUT2D eigenvalue weighted by molar-refractivity contribution is 0.0895. The fourth-order valence-electron chi connectivity index (χ4n) is 4.39. The van der Waals surface area contributed by atoms with E-state index in [4.69, 9.17) is 16.3 Å². The molecule has 1 saturated heterocycles. The second-order valence-corrected chi connectivity index (χ2v) is 7.67. The van der Waals surface area contributed by atoms with Crippen LogP contribution in [0.25, 0.3) is 0 Å². The minimum atomic E-state index is -2.60. The first-order valence-corrected chi connectivity index (χ1v) is 9.83. The van der Waals surface area contributed by atoms with Crippen molar-refractivity contribution in [1.82, 2.24) is 4.90 Å². The normalized spacial score (nSPS) is 23.8. The summed E-state index contributed by atoms with van der Waals surface area (Å²) in [6.07, 6.45) is 2.97. The molecular formula is C24H29NO3. The molecule has 148 valence electrons. The average Bonchev–Trinajstić information content (AvgIpc) is 3.07. The number of methoxy groups -OCH3 is 2. The number of benzene rings is 2. The summed E-state index contributed by atoms with van der Waals surface area (Å²) in [5.74, 6) is 0.619. The van der Waals surface area contributed by atoms with Crippen molar-refractivity contribution >= 4 is 5.78 Å². The van der Waals surface area contributed by atoms with E-state index in [2.05, 4.69) is 0 Å². The summed E-state index contributed by atoms with van der Waals surface area (Å²) < 4.78 is 49.5. The molecule has 4 rings (SSSR count). The van der Waals surface area contributed by atoms with Crippen molar-refractivity contribution in [3.63, 3.8) is 0 Å². The number of hydrogen-bond donors (Lipinski definition) is 0. The Morgan fingerprint density at radius 2 is 1.89 bits per heavy atom. The highest BCUT2D eigenvalue weighted by Gasteiger charge is 2.34. The zero-order valence-corrected chi connectivity index (χ0v) is 16.1. The van der Waals surface area contributed by atoms with E-state index >= 15 is 0 Å². The zero-order chi connectivity index (χ0) is 23.8. The number of carbonyl (C=O) groups is 1. The van der Waals surface area contributed by atoms with Gasteiger partial charge in [0.2, 0.25) is 0 Å². The molecule has 1 fully saturated rings. The monoisotopic (exact) mass is 384 g/mol. The van der Waals surface area contributed by atoms with Crippen molar-refractivity contribution in [3.05, 3.63) is 59.2 Å². The van der Waals surface area contributed by atoms with Crippen molar-refractivity contribution in [3.8, 4) is 11.5 Å². The van der Waals surface area contributed by atoms with Crippen LogP contribution >= 0.6 is 0 Å². The summed E-state index contributed by atoms with van der Waals surface area (Å²) in [7, 11) is -1.17. The number of fused-ring (bicyclic) bond motifs is 1. The summed E-state index contributed by atoms with van der Waals surface area (Å²) in [6.45, 7) is -0.225. The molecular weight excluding hydrogens is 350 g/mol. The van der Waals surface area contributed by atoms with Gasteiger partial charge in [0, 0.05) is 20.7 Å². The van der Waals surface area contributed by atoms with E-state index in [0.717, 1.165) is 24.8 Å². The molecule has 0 spiro atoms. The van der Waals surface area contributed by atoms with E-state index in [1.54, 1.807) is 12.1 Å². The van der Waals surface area contributed by atoms with Gasteiger partial charge in [0.1, 0.15) is 0 Å². The van der Waals surface area contributed by atoms with Crippen LogP contribution in [-0.2, 0) is 12.9 Å². The number of rotatable bonds is 6. The summed E-state index contributed by atoms with van der Waals surface area (Å²) in [6, 6.07) is 12.4. The number of Topliss-reactive ketones (excluding diaryl/α,β-unsaturated/α-hetero) is 1. The second kappa shape index (κ2) is 8.36. The van der Waals surface area contributed by atoms with Gasteiger partial charge in [-0.3, -0.25) is 9.69 Å². The van der Waals surface area contributed by atoms with Crippen LogP contribution in [0.1, 0.15) is 47.6 Å². The molecule has 0 saturated carbocycles. The van der Waals surface area contributed by atoms with E-state index < -0.39 is 13.5 Å². The second-order valence-electron chi connectivity index (χ2n) is 7.67. The smallest absolute Gasteiger partial charge is 0.166 e. The van der Waals surface area contributed by atoms with Gasteiger partial charge in [-0.15, -0.1) is 0 Å². The van der Waals surface area contributed by atoms with Crippen LogP contribution in [0.3, 0.4) is 0 Å². The molecule has 2 aromatic carbocycles. The highest BCUT2D eigenvalue weighted by molar-refractivity contribution is 6.02. The van der Waals surface area contributed by atoms with Gasteiger partial charge in [0.25, 0.3) is 0 Å². The van der Waals surface area contributed by atoms with Gasteiger partial charge in [-0.25, -0.2) is 0 Å². The Bertz CT molecular complexity index is 1000. The Morgan fingerprint density at radius 1 is 1.14 bits per heavy atom. The molecule has 4 heteroatoms. The molecule has 0 bridgehead atoms. The number of hydrogen-bond acceptors (Lipinski definition) is 4. The number of piperidine rings is 1. The fourth-order valence-corrected chi connectivity index (χ4v) is 4.39. The van der Waals surface area contributed by atoms with Crippen molar-refractivity contribution in [2.75, 3.05) is 27.2 Å². The van der Waals surface area contributed by atoms with Gasteiger partial charge in [0.15, 0.2) is 17.3 Å². The van der Waals surface area contributed by atoms with Crippen molar-refractivity contribution in [1.29, 1.82) is 0 Å².